The second kappa shape index (κ2) is 7.49. The predicted octanol–water partition coefficient (Wildman–Crippen LogP) is 3.98. The van der Waals surface area contributed by atoms with E-state index in [2.05, 4.69) is 0 Å². The van der Waals surface area contributed by atoms with Gasteiger partial charge in [0.05, 0.1) is 22.9 Å². The molecule has 0 aromatic heterocycles. The maximum atomic E-state index is 13.3. The third-order valence-corrected chi connectivity index (χ3v) is 5.37. The van der Waals surface area contributed by atoms with E-state index in [-0.39, 0.29) is 11.8 Å². The van der Waals surface area contributed by atoms with Crippen molar-refractivity contribution >= 4 is 34.7 Å². The summed E-state index contributed by atoms with van der Waals surface area (Å²) in [6.45, 7) is 1.51. The van der Waals surface area contributed by atoms with E-state index in [4.69, 9.17) is 16.9 Å². The molecule has 0 unspecified atom stereocenters. The SMILES string of the molecule is N#Cc1ccc(N2C(=O)C(c3ccc(Cl)cc3)=C(N3CCCCC3)C2=O)cc1. The van der Waals surface area contributed by atoms with Gasteiger partial charge >= 0.3 is 0 Å². The number of hydrogen-bond acceptors (Lipinski definition) is 4. The minimum absolute atomic E-state index is 0.318. The van der Waals surface area contributed by atoms with Gasteiger partial charge in [-0.25, -0.2) is 4.90 Å². The van der Waals surface area contributed by atoms with Gasteiger partial charge < -0.3 is 4.90 Å². The molecule has 0 aliphatic carbocycles. The molecule has 2 amide bonds. The van der Waals surface area contributed by atoms with Crippen LogP contribution in [0.15, 0.2) is 54.2 Å². The first-order chi connectivity index (χ1) is 13.6. The maximum absolute atomic E-state index is 13.3. The molecule has 0 N–H and O–H groups in total. The van der Waals surface area contributed by atoms with Crippen molar-refractivity contribution in [1.82, 2.24) is 4.90 Å². The molecule has 1 fully saturated rings. The molecule has 2 aromatic carbocycles. The number of carbonyl (C=O) groups is 2. The molecule has 2 heterocycles. The molecule has 5 nitrogen and oxygen atoms in total. The fraction of sp³-hybridized carbons (Fsp3) is 0.227. The summed E-state index contributed by atoms with van der Waals surface area (Å²) in [6.07, 6.45) is 3.12. The monoisotopic (exact) mass is 391 g/mol. The predicted molar refractivity (Wildman–Crippen MR) is 107 cm³/mol. The molecule has 2 aliphatic rings. The van der Waals surface area contributed by atoms with Gasteiger partial charge in [-0.1, -0.05) is 23.7 Å². The number of amides is 2. The second-order valence-corrected chi connectivity index (χ2v) is 7.32. The van der Waals surface area contributed by atoms with Crippen LogP contribution in [0.5, 0.6) is 0 Å². The molecule has 6 heteroatoms. The van der Waals surface area contributed by atoms with Crippen LogP contribution >= 0.6 is 11.6 Å². The highest BCUT2D eigenvalue weighted by Gasteiger charge is 2.42. The molecule has 0 saturated carbocycles. The van der Waals surface area contributed by atoms with E-state index in [1.807, 2.05) is 11.0 Å². The van der Waals surface area contributed by atoms with Gasteiger partial charge in [-0.05, 0) is 61.2 Å². The molecule has 28 heavy (non-hydrogen) atoms. The van der Waals surface area contributed by atoms with Crippen LogP contribution in [0.3, 0.4) is 0 Å². The molecule has 2 aromatic rings. The van der Waals surface area contributed by atoms with Crippen LogP contribution in [0, 0.1) is 11.3 Å². The summed E-state index contributed by atoms with van der Waals surface area (Å²) < 4.78 is 0. The van der Waals surface area contributed by atoms with Crippen LogP contribution in [0.2, 0.25) is 5.02 Å². The van der Waals surface area contributed by atoms with Crippen molar-refractivity contribution in [3.05, 3.63) is 70.4 Å². The van der Waals surface area contributed by atoms with Crippen molar-refractivity contribution in [2.75, 3.05) is 18.0 Å². The third kappa shape index (κ3) is 3.17. The summed E-state index contributed by atoms with van der Waals surface area (Å²) in [7, 11) is 0. The first-order valence-corrected chi connectivity index (χ1v) is 9.62. The molecule has 1 saturated heterocycles. The number of rotatable bonds is 3. The standard InChI is InChI=1S/C22H18ClN3O2/c23-17-8-6-16(7-9-17)19-20(25-12-2-1-3-13-25)22(28)26(21(19)27)18-10-4-15(14-24)5-11-18/h4-11H,1-3,12-13H2. The van der Waals surface area contributed by atoms with E-state index >= 15 is 0 Å². The Hall–Kier alpha value is -3.10. The van der Waals surface area contributed by atoms with E-state index in [0.717, 1.165) is 32.4 Å². The number of carbonyl (C=O) groups excluding carboxylic acids is 2. The van der Waals surface area contributed by atoms with Crippen molar-refractivity contribution in [2.24, 2.45) is 0 Å². The van der Waals surface area contributed by atoms with E-state index in [9.17, 15) is 9.59 Å². The van der Waals surface area contributed by atoms with Crippen molar-refractivity contribution in [3.63, 3.8) is 0 Å². The lowest BCUT2D eigenvalue weighted by atomic mass is 10.0. The Balaban J connectivity index is 1.80. The Morgan fingerprint density at radius 3 is 2.11 bits per heavy atom. The first-order valence-electron chi connectivity index (χ1n) is 9.24. The smallest absolute Gasteiger partial charge is 0.282 e. The molecule has 0 spiro atoms. The molecule has 140 valence electrons. The molecule has 0 atom stereocenters. The number of likely N-dealkylation sites (tertiary alicyclic amines) is 1. The lowest BCUT2D eigenvalue weighted by Gasteiger charge is -2.29. The van der Waals surface area contributed by atoms with Crippen molar-refractivity contribution in [1.29, 1.82) is 5.26 Å². The average Bonchev–Trinajstić information content (AvgIpc) is 2.99. The summed E-state index contributed by atoms with van der Waals surface area (Å²) in [5, 5.41) is 9.57. The largest absolute Gasteiger partial charge is 0.366 e. The number of nitriles is 1. The van der Waals surface area contributed by atoms with Gasteiger partial charge in [0.15, 0.2) is 0 Å². The lowest BCUT2D eigenvalue weighted by Crippen LogP contribution is -2.37. The van der Waals surface area contributed by atoms with Gasteiger partial charge in [0.2, 0.25) is 0 Å². The summed E-state index contributed by atoms with van der Waals surface area (Å²) in [6, 6.07) is 15.5. The quantitative estimate of drug-likeness (QED) is 0.742. The Kier molecular flexibility index (Phi) is 4.89. The number of halogens is 1. The topological polar surface area (TPSA) is 64.4 Å². The Labute approximate surface area is 168 Å². The van der Waals surface area contributed by atoms with Gasteiger partial charge in [0, 0.05) is 18.1 Å². The second-order valence-electron chi connectivity index (χ2n) is 6.88. The van der Waals surface area contributed by atoms with Gasteiger partial charge in [-0.15, -0.1) is 0 Å². The van der Waals surface area contributed by atoms with E-state index in [1.54, 1.807) is 48.5 Å². The van der Waals surface area contributed by atoms with Crippen LogP contribution < -0.4 is 4.90 Å². The van der Waals surface area contributed by atoms with Crippen LogP contribution in [-0.2, 0) is 9.59 Å². The fourth-order valence-electron chi connectivity index (χ4n) is 3.73. The van der Waals surface area contributed by atoms with Gasteiger partial charge in [-0.3, -0.25) is 9.59 Å². The van der Waals surface area contributed by atoms with E-state index in [1.165, 1.54) is 4.90 Å². The minimum atomic E-state index is -0.349. The summed E-state index contributed by atoms with van der Waals surface area (Å²) >= 11 is 6.01. The first kappa shape index (κ1) is 18.3. The number of benzene rings is 2. The highest BCUT2D eigenvalue weighted by Crippen LogP contribution is 2.36. The van der Waals surface area contributed by atoms with Crippen molar-refractivity contribution in [2.45, 2.75) is 19.3 Å². The van der Waals surface area contributed by atoms with Crippen LogP contribution in [0.1, 0.15) is 30.4 Å². The lowest BCUT2D eigenvalue weighted by molar-refractivity contribution is -0.120. The molecule has 0 radical (unpaired) electrons. The highest BCUT2D eigenvalue weighted by atomic mass is 35.5. The zero-order valence-corrected chi connectivity index (χ0v) is 15.9. The third-order valence-electron chi connectivity index (χ3n) is 5.12. The normalized spacial score (nSPS) is 17.3. The molecular formula is C22H18ClN3O2. The highest BCUT2D eigenvalue weighted by molar-refractivity contribution is 6.45. The van der Waals surface area contributed by atoms with Gasteiger partial charge in [-0.2, -0.15) is 5.26 Å². The molecular weight excluding hydrogens is 374 g/mol. The Morgan fingerprint density at radius 1 is 0.857 bits per heavy atom. The van der Waals surface area contributed by atoms with Gasteiger partial charge in [0.25, 0.3) is 11.8 Å². The molecule has 2 aliphatic heterocycles. The minimum Gasteiger partial charge on any atom is -0.366 e. The summed E-state index contributed by atoms with van der Waals surface area (Å²) in [4.78, 5) is 29.9. The zero-order valence-electron chi connectivity index (χ0n) is 15.2. The number of imide groups is 1. The number of hydrogen-bond donors (Lipinski definition) is 0. The van der Waals surface area contributed by atoms with E-state index in [0.29, 0.717) is 33.1 Å². The van der Waals surface area contributed by atoms with Crippen molar-refractivity contribution < 1.29 is 9.59 Å². The van der Waals surface area contributed by atoms with E-state index < -0.39 is 0 Å². The Morgan fingerprint density at radius 2 is 1.50 bits per heavy atom. The molecule has 0 bridgehead atoms. The Bertz CT molecular complexity index is 998. The van der Waals surface area contributed by atoms with Crippen LogP contribution in [0.4, 0.5) is 5.69 Å². The summed E-state index contributed by atoms with van der Waals surface area (Å²) in [5.74, 6) is -0.667. The number of nitrogens with zero attached hydrogens (tertiary/aromatic N) is 3. The van der Waals surface area contributed by atoms with Crippen molar-refractivity contribution in [3.8, 4) is 6.07 Å². The number of piperidine rings is 1. The summed E-state index contributed by atoms with van der Waals surface area (Å²) in [5.41, 5.74) is 2.49. The van der Waals surface area contributed by atoms with Gasteiger partial charge in [0.1, 0.15) is 5.70 Å². The van der Waals surface area contributed by atoms with Crippen LogP contribution in [-0.4, -0.2) is 29.8 Å². The molecule has 4 rings (SSSR count). The fourth-order valence-corrected chi connectivity index (χ4v) is 3.85. The zero-order chi connectivity index (χ0) is 19.7. The number of anilines is 1. The maximum Gasteiger partial charge on any atom is 0.282 e. The average molecular weight is 392 g/mol. The van der Waals surface area contributed by atoms with Crippen LogP contribution in [0.25, 0.3) is 5.57 Å².